The Morgan fingerprint density at radius 1 is 1.22 bits per heavy atom. The number of nitrogens with one attached hydrogen (secondary N) is 2. The first-order valence-electron chi connectivity index (χ1n) is 11.5. The molecule has 0 saturated carbocycles. The van der Waals surface area contributed by atoms with E-state index in [-0.39, 0.29) is 29.9 Å². The number of methoxy groups -OCH3 is 1. The predicted octanol–water partition coefficient (Wildman–Crippen LogP) is 4.21. The van der Waals surface area contributed by atoms with Crippen molar-refractivity contribution in [2.45, 2.75) is 58.9 Å². The van der Waals surface area contributed by atoms with Gasteiger partial charge >= 0.3 is 5.97 Å². The van der Waals surface area contributed by atoms with E-state index in [9.17, 15) is 4.79 Å². The minimum atomic E-state index is -0.129. The van der Waals surface area contributed by atoms with Gasteiger partial charge in [0.1, 0.15) is 5.75 Å². The average Bonchev–Trinajstić information content (AvgIpc) is 3.29. The lowest BCUT2D eigenvalue weighted by atomic mass is 10.1. The predicted molar refractivity (Wildman–Crippen MR) is 139 cm³/mol. The number of guanidine groups is 1. The van der Waals surface area contributed by atoms with Gasteiger partial charge in [0.2, 0.25) is 0 Å². The first-order valence-corrected chi connectivity index (χ1v) is 11.5. The topological polar surface area (TPSA) is 81.2 Å². The van der Waals surface area contributed by atoms with Crippen LogP contribution < -0.4 is 15.4 Å². The monoisotopic (exact) mass is 561 g/mol. The number of carbonyl (C=O) groups is 1. The van der Waals surface area contributed by atoms with Crippen LogP contribution in [-0.4, -0.2) is 51.9 Å². The molecule has 1 saturated heterocycles. The number of aliphatic imine (C=N–C) groups is 1. The van der Waals surface area contributed by atoms with Crippen LogP contribution in [0.15, 0.2) is 23.2 Å². The molecule has 1 aromatic rings. The molecule has 1 heterocycles. The van der Waals surface area contributed by atoms with Crippen molar-refractivity contribution in [3.63, 3.8) is 0 Å². The van der Waals surface area contributed by atoms with E-state index in [1.165, 1.54) is 12.7 Å². The van der Waals surface area contributed by atoms with Gasteiger partial charge in [0.15, 0.2) is 5.96 Å². The van der Waals surface area contributed by atoms with Gasteiger partial charge in [-0.15, -0.1) is 24.0 Å². The molecule has 0 radical (unpaired) electrons. The fourth-order valence-electron chi connectivity index (χ4n) is 3.41. The second-order valence-corrected chi connectivity index (χ2v) is 8.01. The number of rotatable bonds is 13. The lowest BCUT2D eigenvalue weighted by Crippen LogP contribution is -2.37. The zero-order valence-corrected chi connectivity index (χ0v) is 22.1. The normalized spacial score (nSPS) is 15.7. The Labute approximate surface area is 210 Å². The minimum Gasteiger partial charge on any atom is -0.493 e. The van der Waals surface area contributed by atoms with E-state index in [0.29, 0.717) is 25.5 Å². The Morgan fingerprint density at radius 3 is 2.75 bits per heavy atom. The first-order chi connectivity index (χ1) is 15.1. The van der Waals surface area contributed by atoms with Gasteiger partial charge in [-0.1, -0.05) is 25.0 Å². The number of ether oxygens (including phenoxy) is 3. The second-order valence-electron chi connectivity index (χ2n) is 8.01. The maximum Gasteiger partial charge on any atom is 0.305 e. The number of hydrogen-bond donors (Lipinski definition) is 2. The largest absolute Gasteiger partial charge is 0.493 e. The SMILES string of the molecule is CCNC(=NCc1ccc(C)cc1OCC1CCOC1)NCCCCCCC(=O)OC.I. The highest BCUT2D eigenvalue weighted by Gasteiger charge is 2.17. The van der Waals surface area contributed by atoms with E-state index in [1.54, 1.807) is 0 Å². The number of hydrogen-bond acceptors (Lipinski definition) is 5. The number of carbonyl (C=O) groups excluding carboxylic acids is 1. The summed E-state index contributed by atoms with van der Waals surface area (Å²) >= 11 is 0. The zero-order chi connectivity index (χ0) is 22.3. The van der Waals surface area contributed by atoms with Crippen LogP contribution in [0, 0.1) is 12.8 Å². The number of benzene rings is 1. The van der Waals surface area contributed by atoms with Crippen LogP contribution in [0.4, 0.5) is 0 Å². The summed E-state index contributed by atoms with van der Waals surface area (Å²) < 4.78 is 16.2. The highest BCUT2D eigenvalue weighted by molar-refractivity contribution is 14.0. The number of halogens is 1. The molecule has 32 heavy (non-hydrogen) atoms. The van der Waals surface area contributed by atoms with Gasteiger partial charge in [0.05, 0.1) is 26.9 Å². The smallest absolute Gasteiger partial charge is 0.305 e. The summed E-state index contributed by atoms with van der Waals surface area (Å²) in [5.41, 5.74) is 2.27. The van der Waals surface area contributed by atoms with E-state index in [0.717, 1.165) is 75.7 Å². The first kappa shape index (κ1) is 28.5. The van der Waals surface area contributed by atoms with Crippen molar-refractivity contribution in [2.75, 3.05) is 40.0 Å². The van der Waals surface area contributed by atoms with Crippen molar-refractivity contribution < 1.29 is 19.0 Å². The summed E-state index contributed by atoms with van der Waals surface area (Å²) in [5, 5.41) is 6.70. The Hall–Kier alpha value is -1.55. The molecule has 1 aliphatic heterocycles. The summed E-state index contributed by atoms with van der Waals surface area (Å²) in [4.78, 5) is 15.9. The minimum absolute atomic E-state index is 0. The molecule has 0 aliphatic carbocycles. The molecule has 1 atom stereocenters. The van der Waals surface area contributed by atoms with Crippen LogP contribution in [0.5, 0.6) is 5.75 Å². The van der Waals surface area contributed by atoms with Gasteiger partial charge in [0.25, 0.3) is 0 Å². The summed E-state index contributed by atoms with van der Waals surface area (Å²) in [5.74, 6) is 2.07. The number of nitrogens with zero attached hydrogens (tertiary/aromatic N) is 1. The van der Waals surface area contributed by atoms with Crippen LogP contribution in [0.25, 0.3) is 0 Å². The Morgan fingerprint density at radius 2 is 2.03 bits per heavy atom. The molecule has 8 heteroatoms. The maximum atomic E-state index is 11.1. The fourth-order valence-corrected chi connectivity index (χ4v) is 3.41. The summed E-state index contributed by atoms with van der Waals surface area (Å²) in [6, 6.07) is 6.30. The Kier molecular flexibility index (Phi) is 15.1. The van der Waals surface area contributed by atoms with Gasteiger partial charge in [-0.2, -0.15) is 0 Å². The number of esters is 1. The second kappa shape index (κ2) is 17.0. The molecule has 0 spiro atoms. The van der Waals surface area contributed by atoms with E-state index >= 15 is 0 Å². The number of aryl methyl sites for hydroxylation is 1. The van der Waals surface area contributed by atoms with E-state index in [1.807, 2.05) is 0 Å². The van der Waals surface area contributed by atoms with Crippen LogP contribution >= 0.6 is 24.0 Å². The standard InChI is InChI=1S/C24H39N3O4.HI/c1-4-25-24(26-13-8-6-5-7-9-23(28)29-3)27-16-21-11-10-19(2)15-22(21)31-18-20-12-14-30-17-20;/h10-11,15,20H,4-9,12-14,16-18H2,1-3H3,(H2,25,26,27);1H. The molecule has 1 aromatic carbocycles. The van der Waals surface area contributed by atoms with Crippen molar-refractivity contribution in [1.29, 1.82) is 0 Å². The van der Waals surface area contributed by atoms with Gasteiger partial charge < -0.3 is 24.8 Å². The third-order valence-corrected chi connectivity index (χ3v) is 5.30. The molecule has 182 valence electrons. The van der Waals surface area contributed by atoms with Crippen LogP contribution in [0.1, 0.15) is 56.6 Å². The van der Waals surface area contributed by atoms with Crippen molar-refractivity contribution in [1.82, 2.24) is 10.6 Å². The molecule has 1 fully saturated rings. The zero-order valence-electron chi connectivity index (χ0n) is 19.8. The Bertz CT molecular complexity index is 694. The van der Waals surface area contributed by atoms with Crippen molar-refractivity contribution in [3.8, 4) is 5.75 Å². The molecule has 0 aromatic heterocycles. The molecule has 0 amide bonds. The summed E-state index contributed by atoms with van der Waals surface area (Å²) in [6.07, 6.45) is 5.59. The Balaban J connectivity index is 0.00000512. The quantitative estimate of drug-likeness (QED) is 0.124. The molecule has 1 unspecified atom stereocenters. The van der Waals surface area contributed by atoms with Crippen LogP contribution in [0.3, 0.4) is 0 Å². The average molecular weight is 562 g/mol. The third-order valence-electron chi connectivity index (χ3n) is 5.30. The molecule has 2 N–H and O–H groups in total. The maximum absolute atomic E-state index is 11.1. The third kappa shape index (κ3) is 11.4. The molecule has 7 nitrogen and oxygen atoms in total. The van der Waals surface area contributed by atoms with Crippen LogP contribution in [-0.2, 0) is 20.8 Å². The lowest BCUT2D eigenvalue weighted by molar-refractivity contribution is -0.140. The van der Waals surface area contributed by atoms with Gasteiger partial charge in [0, 0.05) is 37.6 Å². The highest BCUT2D eigenvalue weighted by Crippen LogP contribution is 2.23. The highest BCUT2D eigenvalue weighted by atomic mass is 127. The van der Waals surface area contributed by atoms with Gasteiger partial charge in [-0.05, 0) is 44.7 Å². The van der Waals surface area contributed by atoms with Crippen LogP contribution in [0.2, 0.25) is 0 Å². The van der Waals surface area contributed by atoms with Crippen molar-refractivity contribution >= 4 is 35.9 Å². The van der Waals surface area contributed by atoms with Gasteiger partial charge in [-0.3, -0.25) is 4.79 Å². The molecule has 0 bridgehead atoms. The summed E-state index contributed by atoms with van der Waals surface area (Å²) in [7, 11) is 1.43. The fraction of sp³-hybridized carbons (Fsp3) is 0.667. The van der Waals surface area contributed by atoms with E-state index in [2.05, 4.69) is 47.4 Å². The van der Waals surface area contributed by atoms with E-state index in [4.69, 9.17) is 14.5 Å². The van der Waals surface area contributed by atoms with E-state index < -0.39 is 0 Å². The molecule has 2 rings (SSSR count). The lowest BCUT2D eigenvalue weighted by Gasteiger charge is -2.15. The van der Waals surface area contributed by atoms with Crippen molar-refractivity contribution in [2.24, 2.45) is 10.9 Å². The summed E-state index contributed by atoms with van der Waals surface area (Å²) in [6.45, 7) is 8.68. The molecule has 1 aliphatic rings. The van der Waals surface area contributed by atoms with Crippen molar-refractivity contribution in [3.05, 3.63) is 29.3 Å². The number of unbranched alkanes of at least 4 members (excludes halogenated alkanes) is 3. The molecular weight excluding hydrogens is 521 g/mol. The van der Waals surface area contributed by atoms with Gasteiger partial charge in [-0.25, -0.2) is 4.99 Å². The molecular formula is C24H40IN3O4.